The molecule has 3 aromatic rings. The van der Waals surface area contributed by atoms with Crippen molar-refractivity contribution >= 4 is 0 Å². The lowest BCUT2D eigenvalue weighted by molar-refractivity contribution is 0.475. The van der Waals surface area contributed by atoms with Gasteiger partial charge in [0.1, 0.15) is 5.75 Å². The van der Waals surface area contributed by atoms with E-state index in [-0.39, 0.29) is 5.75 Å². The van der Waals surface area contributed by atoms with Crippen LogP contribution in [0.2, 0.25) is 0 Å². The molecule has 0 fully saturated rings. The molecule has 0 saturated heterocycles. The van der Waals surface area contributed by atoms with Crippen molar-refractivity contribution < 1.29 is 9.52 Å². The molecular weight excluding hydrogens is 226 g/mol. The number of oxazole rings is 1. The summed E-state index contributed by atoms with van der Waals surface area (Å²) in [7, 11) is 0. The van der Waals surface area contributed by atoms with Gasteiger partial charge in [0.2, 0.25) is 0 Å². The Balaban J connectivity index is 2.15. The second kappa shape index (κ2) is 4.37. The molecular formula is C15H11NO2. The van der Waals surface area contributed by atoms with E-state index in [1.807, 2.05) is 36.4 Å². The summed E-state index contributed by atoms with van der Waals surface area (Å²) in [6, 6.07) is 15.0. The van der Waals surface area contributed by atoms with Crippen molar-refractivity contribution in [2.45, 2.75) is 0 Å². The summed E-state index contributed by atoms with van der Waals surface area (Å²) in [5, 5.41) is 9.33. The predicted molar refractivity (Wildman–Crippen MR) is 69.0 cm³/mol. The predicted octanol–water partition coefficient (Wildman–Crippen LogP) is 3.71. The molecule has 0 bridgehead atoms. The molecule has 88 valence electrons. The van der Waals surface area contributed by atoms with Crippen LogP contribution in [0.3, 0.4) is 0 Å². The Morgan fingerprint density at radius 3 is 2.28 bits per heavy atom. The minimum atomic E-state index is 0.260. The van der Waals surface area contributed by atoms with Crippen molar-refractivity contribution in [1.82, 2.24) is 4.98 Å². The highest BCUT2D eigenvalue weighted by Gasteiger charge is 2.09. The fourth-order valence-corrected chi connectivity index (χ4v) is 1.94. The Bertz CT molecular complexity index is 643. The van der Waals surface area contributed by atoms with Gasteiger partial charge in [-0.2, -0.15) is 0 Å². The molecule has 1 aromatic heterocycles. The second-order valence-electron chi connectivity index (χ2n) is 3.96. The van der Waals surface area contributed by atoms with E-state index >= 15 is 0 Å². The first-order chi connectivity index (χ1) is 8.84. The van der Waals surface area contributed by atoms with Gasteiger partial charge in [0.15, 0.2) is 12.2 Å². The maximum atomic E-state index is 9.33. The van der Waals surface area contributed by atoms with Crippen molar-refractivity contribution in [3.05, 3.63) is 61.1 Å². The van der Waals surface area contributed by atoms with Crippen LogP contribution in [0.5, 0.6) is 5.75 Å². The molecule has 0 saturated carbocycles. The van der Waals surface area contributed by atoms with E-state index in [2.05, 4.69) is 4.98 Å². The lowest BCUT2D eigenvalue weighted by atomic mass is 9.98. The summed E-state index contributed by atoms with van der Waals surface area (Å²) in [6.45, 7) is 0. The number of phenolic OH excluding ortho intramolecular Hbond substituents is 1. The van der Waals surface area contributed by atoms with Crippen LogP contribution in [0.1, 0.15) is 0 Å². The van der Waals surface area contributed by atoms with Crippen molar-refractivity contribution in [2.75, 3.05) is 0 Å². The van der Waals surface area contributed by atoms with E-state index in [0.717, 1.165) is 22.5 Å². The van der Waals surface area contributed by atoms with Gasteiger partial charge in [-0.25, -0.2) is 4.98 Å². The topological polar surface area (TPSA) is 46.3 Å². The van der Waals surface area contributed by atoms with Gasteiger partial charge in [0.25, 0.3) is 0 Å². The van der Waals surface area contributed by atoms with Crippen molar-refractivity contribution in [3.8, 4) is 28.2 Å². The van der Waals surface area contributed by atoms with Gasteiger partial charge >= 0.3 is 0 Å². The van der Waals surface area contributed by atoms with Gasteiger partial charge in [-0.1, -0.05) is 36.4 Å². The first-order valence-electron chi connectivity index (χ1n) is 5.62. The van der Waals surface area contributed by atoms with Crippen LogP contribution in [0.15, 0.2) is 65.5 Å². The zero-order chi connectivity index (χ0) is 12.4. The average molecular weight is 237 g/mol. The van der Waals surface area contributed by atoms with Gasteiger partial charge in [-0.05, 0) is 23.3 Å². The Morgan fingerprint density at radius 2 is 1.61 bits per heavy atom. The SMILES string of the molecule is Oc1ccc(-c2ccccc2-c2cnco2)cc1. The normalized spacial score (nSPS) is 10.4. The lowest BCUT2D eigenvalue weighted by Gasteiger charge is -2.07. The molecule has 0 unspecified atom stereocenters. The van der Waals surface area contributed by atoms with Crippen LogP contribution in [-0.2, 0) is 0 Å². The quantitative estimate of drug-likeness (QED) is 0.739. The fourth-order valence-electron chi connectivity index (χ4n) is 1.94. The largest absolute Gasteiger partial charge is 0.508 e. The summed E-state index contributed by atoms with van der Waals surface area (Å²) in [5.41, 5.74) is 3.06. The number of benzene rings is 2. The van der Waals surface area contributed by atoms with Crippen LogP contribution in [0.25, 0.3) is 22.5 Å². The first kappa shape index (κ1) is 10.6. The third-order valence-corrected chi connectivity index (χ3v) is 2.80. The summed E-state index contributed by atoms with van der Waals surface area (Å²) >= 11 is 0. The second-order valence-corrected chi connectivity index (χ2v) is 3.96. The number of hydrogen-bond acceptors (Lipinski definition) is 3. The van der Waals surface area contributed by atoms with E-state index in [9.17, 15) is 5.11 Å². The van der Waals surface area contributed by atoms with Gasteiger partial charge in [-0.3, -0.25) is 0 Å². The van der Waals surface area contributed by atoms with E-state index in [1.165, 1.54) is 6.39 Å². The fraction of sp³-hybridized carbons (Fsp3) is 0. The lowest BCUT2D eigenvalue weighted by Crippen LogP contribution is -1.82. The Labute approximate surface area is 104 Å². The Kier molecular flexibility index (Phi) is 2.57. The van der Waals surface area contributed by atoms with Crippen molar-refractivity contribution in [3.63, 3.8) is 0 Å². The number of rotatable bonds is 2. The molecule has 0 aliphatic rings. The maximum Gasteiger partial charge on any atom is 0.181 e. The molecule has 18 heavy (non-hydrogen) atoms. The minimum Gasteiger partial charge on any atom is -0.508 e. The summed E-state index contributed by atoms with van der Waals surface area (Å²) in [5.74, 6) is 0.995. The third kappa shape index (κ3) is 1.86. The Hall–Kier alpha value is -2.55. The molecule has 0 aliphatic heterocycles. The highest BCUT2D eigenvalue weighted by Crippen LogP contribution is 2.32. The zero-order valence-electron chi connectivity index (χ0n) is 9.58. The molecule has 3 heteroatoms. The van der Waals surface area contributed by atoms with E-state index in [0.29, 0.717) is 0 Å². The number of aromatic hydroxyl groups is 1. The van der Waals surface area contributed by atoms with Crippen molar-refractivity contribution in [1.29, 1.82) is 0 Å². The molecule has 3 rings (SSSR count). The Morgan fingerprint density at radius 1 is 0.889 bits per heavy atom. The van der Waals surface area contributed by atoms with Crippen LogP contribution in [0.4, 0.5) is 0 Å². The average Bonchev–Trinajstić information content (AvgIpc) is 2.93. The standard InChI is InChI=1S/C15H11NO2/c17-12-7-5-11(6-8-12)13-3-1-2-4-14(13)15-9-16-10-18-15/h1-10,17H. The molecule has 0 spiro atoms. The minimum absolute atomic E-state index is 0.260. The number of hydrogen-bond donors (Lipinski definition) is 1. The smallest absolute Gasteiger partial charge is 0.181 e. The van der Waals surface area contributed by atoms with Crippen LogP contribution < -0.4 is 0 Å². The summed E-state index contributed by atoms with van der Waals surface area (Å²) in [4.78, 5) is 3.94. The molecule has 0 atom stereocenters. The summed E-state index contributed by atoms with van der Waals surface area (Å²) in [6.07, 6.45) is 3.11. The van der Waals surface area contributed by atoms with Crippen LogP contribution >= 0.6 is 0 Å². The molecule has 1 N–H and O–H groups in total. The monoisotopic (exact) mass is 237 g/mol. The van der Waals surface area contributed by atoms with Gasteiger partial charge < -0.3 is 9.52 Å². The van der Waals surface area contributed by atoms with Crippen LogP contribution in [0, 0.1) is 0 Å². The maximum absolute atomic E-state index is 9.33. The molecule has 1 heterocycles. The highest BCUT2D eigenvalue weighted by molar-refractivity contribution is 5.81. The molecule has 0 amide bonds. The third-order valence-electron chi connectivity index (χ3n) is 2.80. The molecule has 0 radical (unpaired) electrons. The highest BCUT2D eigenvalue weighted by atomic mass is 16.3. The van der Waals surface area contributed by atoms with Gasteiger partial charge in [0.05, 0.1) is 6.20 Å². The van der Waals surface area contributed by atoms with Crippen molar-refractivity contribution in [2.24, 2.45) is 0 Å². The van der Waals surface area contributed by atoms with E-state index < -0.39 is 0 Å². The van der Waals surface area contributed by atoms with Gasteiger partial charge in [-0.15, -0.1) is 0 Å². The zero-order valence-corrected chi connectivity index (χ0v) is 9.58. The van der Waals surface area contributed by atoms with Gasteiger partial charge in [0, 0.05) is 5.56 Å². The summed E-state index contributed by atoms with van der Waals surface area (Å²) < 4.78 is 5.34. The number of nitrogens with zero attached hydrogens (tertiary/aromatic N) is 1. The number of phenols is 1. The number of aromatic nitrogens is 1. The molecule has 2 aromatic carbocycles. The first-order valence-corrected chi connectivity index (χ1v) is 5.62. The van der Waals surface area contributed by atoms with E-state index in [4.69, 9.17) is 4.42 Å². The van der Waals surface area contributed by atoms with E-state index in [1.54, 1.807) is 18.3 Å². The molecule has 0 aliphatic carbocycles. The van der Waals surface area contributed by atoms with Crippen LogP contribution in [-0.4, -0.2) is 10.1 Å². The molecule has 3 nitrogen and oxygen atoms in total.